The average molecular weight is 166 g/mol. The molecule has 0 aliphatic rings. The molecule has 0 saturated carbocycles. The Balaban J connectivity index is 2.63. The van der Waals surface area contributed by atoms with Crippen LogP contribution in [0.15, 0.2) is 29.2 Å². The zero-order chi connectivity index (χ0) is 8.10. The lowest BCUT2D eigenvalue weighted by molar-refractivity contribution is -0.107. The molecule has 0 aliphatic heterocycles. The molecular weight excluding hydrogens is 156 g/mol. The van der Waals surface area contributed by atoms with E-state index in [1.165, 1.54) is 5.56 Å². The van der Waals surface area contributed by atoms with Crippen molar-refractivity contribution in [3.05, 3.63) is 29.8 Å². The molecule has 0 atom stereocenters. The summed E-state index contributed by atoms with van der Waals surface area (Å²) in [6, 6.07) is 7.85. The Hall–Kier alpha value is -0.760. The van der Waals surface area contributed by atoms with Crippen molar-refractivity contribution in [3.8, 4) is 0 Å². The first kappa shape index (κ1) is 8.34. The molecule has 0 spiro atoms. The van der Waals surface area contributed by atoms with E-state index in [0.29, 0.717) is 6.42 Å². The van der Waals surface area contributed by atoms with E-state index in [2.05, 4.69) is 12.6 Å². The number of aryl methyl sites for hydroxylation is 1. The van der Waals surface area contributed by atoms with Crippen molar-refractivity contribution in [2.75, 3.05) is 0 Å². The van der Waals surface area contributed by atoms with Crippen LogP contribution in [0.1, 0.15) is 12.0 Å². The van der Waals surface area contributed by atoms with Crippen LogP contribution in [0.25, 0.3) is 0 Å². The van der Waals surface area contributed by atoms with Gasteiger partial charge in [-0.3, -0.25) is 0 Å². The normalized spacial score (nSPS) is 9.55. The van der Waals surface area contributed by atoms with E-state index in [-0.39, 0.29) is 0 Å². The Labute approximate surface area is 71.8 Å². The Morgan fingerprint density at radius 2 is 2.27 bits per heavy atom. The van der Waals surface area contributed by atoms with Gasteiger partial charge in [-0.05, 0) is 24.1 Å². The van der Waals surface area contributed by atoms with Gasteiger partial charge in [-0.2, -0.15) is 0 Å². The molecule has 1 rings (SSSR count). The number of benzene rings is 1. The molecule has 0 aliphatic carbocycles. The highest BCUT2D eigenvalue weighted by Gasteiger charge is 1.91. The van der Waals surface area contributed by atoms with Crippen molar-refractivity contribution in [3.63, 3.8) is 0 Å². The zero-order valence-electron chi connectivity index (χ0n) is 6.16. The summed E-state index contributed by atoms with van der Waals surface area (Å²) in [6.45, 7) is 0. The third kappa shape index (κ3) is 2.76. The van der Waals surface area contributed by atoms with Crippen LogP contribution in [0.2, 0.25) is 0 Å². The lowest BCUT2D eigenvalue weighted by Crippen LogP contribution is -1.84. The summed E-state index contributed by atoms with van der Waals surface area (Å²) in [5.74, 6) is 0. The molecule has 0 bridgehead atoms. The molecule has 0 amide bonds. The number of hydrogen-bond donors (Lipinski definition) is 1. The van der Waals surface area contributed by atoms with Gasteiger partial charge in [0.25, 0.3) is 0 Å². The molecule has 2 heteroatoms. The van der Waals surface area contributed by atoms with Crippen LogP contribution >= 0.6 is 12.6 Å². The SMILES string of the molecule is O=CCCc1cccc(S)c1. The van der Waals surface area contributed by atoms with Crippen LogP contribution in [-0.4, -0.2) is 6.29 Å². The summed E-state index contributed by atoms with van der Waals surface area (Å²) >= 11 is 4.19. The van der Waals surface area contributed by atoms with Crippen molar-refractivity contribution in [2.45, 2.75) is 17.7 Å². The summed E-state index contributed by atoms with van der Waals surface area (Å²) in [7, 11) is 0. The van der Waals surface area contributed by atoms with E-state index in [0.717, 1.165) is 17.6 Å². The second-order valence-corrected chi connectivity index (χ2v) is 2.89. The number of carbonyl (C=O) groups is 1. The summed E-state index contributed by atoms with van der Waals surface area (Å²) in [5, 5.41) is 0. The summed E-state index contributed by atoms with van der Waals surface area (Å²) < 4.78 is 0. The summed E-state index contributed by atoms with van der Waals surface area (Å²) in [6.07, 6.45) is 2.35. The fraction of sp³-hybridized carbons (Fsp3) is 0.222. The monoisotopic (exact) mass is 166 g/mol. The van der Waals surface area contributed by atoms with E-state index in [9.17, 15) is 4.79 Å². The fourth-order valence-electron chi connectivity index (χ4n) is 0.938. The molecule has 0 N–H and O–H groups in total. The van der Waals surface area contributed by atoms with E-state index in [4.69, 9.17) is 0 Å². The summed E-state index contributed by atoms with van der Waals surface area (Å²) in [5.41, 5.74) is 1.17. The highest BCUT2D eigenvalue weighted by molar-refractivity contribution is 7.80. The minimum Gasteiger partial charge on any atom is -0.303 e. The van der Waals surface area contributed by atoms with E-state index in [1.54, 1.807) is 0 Å². The van der Waals surface area contributed by atoms with Crippen LogP contribution in [0, 0.1) is 0 Å². The molecular formula is C9H10OS. The van der Waals surface area contributed by atoms with Crippen LogP contribution in [0.3, 0.4) is 0 Å². The minimum absolute atomic E-state index is 0.594. The van der Waals surface area contributed by atoms with Crippen molar-refractivity contribution in [1.82, 2.24) is 0 Å². The zero-order valence-corrected chi connectivity index (χ0v) is 7.05. The predicted molar refractivity (Wildman–Crippen MR) is 48.1 cm³/mol. The van der Waals surface area contributed by atoms with Crippen molar-refractivity contribution in [1.29, 1.82) is 0 Å². The van der Waals surface area contributed by atoms with Gasteiger partial charge < -0.3 is 4.79 Å². The van der Waals surface area contributed by atoms with Crippen LogP contribution < -0.4 is 0 Å². The first-order valence-corrected chi connectivity index (χ1v) is 3.99. The molecule has 0 radical (unpaired) electrons. The highest BCUT2D eigenvalue weighted by atomic mass is 32.1. The maximum Gasteiger partial charge on any atom is 0.120 e. The molecule has 11 heavy (non-hydrogen) atoms. The topological polar surface area (TPSA) is 17.1 Å². The largest absolute Gasteiger partial charge is 0.303 e. The average Bonchev–Trinajstić information content (AvgIpc) is 2.01. The molecule has 0 fully saturated rings. The number of aldehydes is 1. The van der Waals surface area contributed by atoms with Crippen molar-refractivity contribution >= 4 is 18.9 Å². The van der Waals surface area contributed by atoms with Gasteiger partial charge in [-0.15, -0.1) is 12.6 Å². The molecule has 0 heterocycles. The first-order valence-electron chi connectivity index (χ1n) is 3.54. The number of rotatable bonds is 3. The number of carbonyl (C=O) groups excluding carboxylic acids is 1. The molecule has 1 aromatic carbocycles. The van der Waals surface area contributed by atoms with Gasteiger partial charge in [0, 0.05) is 11.3 Å². The molecule has 1 aromatic rings. The number of thiol groups is 1. The molecule has 0 aromatic heterocycles. The lowest BCUT2D eigenvalue weighted by Gasteiger charge is -1.97. The summed E-state index contributed by atoms with van der Waals surface area (Å²) in [4.78, 5) is 11.0. The van der Waals surface area contributed by atoms with Gasteiger partial charge in [-0.1, -0.05) is 12.1 Å². The second kappa shape index (κ2) is 4.19. The van der Waals surface area contributed by atoms with Crippen molar-refractivity contribution < 1.29 is 4.79 Å². The van der Waals surface area contributed by atoms with Crippen molar-refractivity contribution in [2.24, 2.45) is 0 Å². The quantitative estimate of drug-likeness (QED) is 0.537. The van der Waals surface area contributed by atoms with E-state index >= 15 is 0 Å². The van der Waals surface area contributed by atoms with E-state index in [1.807, 2.05) is 24.3 Å². The van der Waals surface area contributed by atoms with E-state index < -0.39 is 0 Å². The standard InChI is InChI=1S/C9H10OS/c10-6-2-4-8-3-1-5-9(11)7-8/h1,3,5-7,11H,2,4H2. The third-order valence-electron chi connectivity index (χ3n) is 1.46. The molecule has 58 valence electrons. The van der Waals surface area contributed by atoms with Gasteiger partial charge in [0.2, 0.25) is 0 Å². The van der Waals surface area contributed by atoms with Gasteiger partial charge in [-0.25, -0.2) is 0 Å². The maximum atomic E-state index is 10.0. The Kier molecular flexibility index (Phi) is 3.17. The molecule has 1 nitrogen and oxygen atoms in total. The first-order chi connectivity index (χ1) is 5.33. The second-order valence-electron chi connectivity index (χ2n) is 2.38. The smallest absolute Gasteiger partial charge is 0.120 e. The highest BCUT2D eigenvalue weighted by Crippen LogP contribution is 2.09. The minimum atomic E-state index is 0.594. The Bertz CT molecular complexity index is 245. The Morgan fingerprint density at radius 3 is 2.91 bits per heavy atom. The predicted octanol–water partition coefficient (Wildman–Crippen LogP) is 2.11. The maximum absolute atomic E-state index is 10.0. The fourth-order valence-corrected chi connectivity index (χ4v) is 1.19. The Morgan fingerprint density at radius 1 is 1.45 bits per heavy atom. The van der Waals surface area contributed by atoms with Gasteiger partial charge in [0.15, 0.2) is 0 Å². The van der Waals surface area contributed by atoms with Gasteiger partial charge in [0.1, 0.15) is 6.29 Å². The van der Waals surface area contributed by atoms with Gasteiger partial charge >= 0.3 is 0 Å². The number of hydrogen-bond acceptors (Lipinski definition) is 2. The van der Waals surface area contributed by atoms with Crippen LogP contribution in [0.4, 0.5) is 0 Å². The third-order valence-corrected chi connectivity index (χ3v) is 1.74. The van der Waals surface area contributed by atoms with Crippen LogP contribution in [0.5, 0.6) is 0 Å². The van der Waals surface area contributed by atoms with Crippen LogP contribution in [-0.2, 0) is 11.2 Å². The molecule has 0 unspecified atom stereocenters. The molecule has 0 saturated heterocycles. The lowest BCUT2D eigenvalue weighted by atomic mass is 10.1. The van der Waals surface area contributed by atoms with Gasteiger partial charge in [0.05, 0.1) is 0 Å².